The quantitative estimate of drug-likeness (QED) is 0.215. The number of aryl methyl sites for hydroxylation is 1. The number of hydrogen-bond donors (Lipinski definition) is 4. The first-order valence-corrected chi connectivity index (χ1v) is 11.8. The average Bonchev–Trinajstić information content (AvgIpc) is 3.13. The number of benzene rings is 2. The number of thiol groups is 1. The first-order chi connectivity index (χ1) is 14.7. The highest BCUT2D eigenvalue weighted by Crippen LogP contribution is 2.20. The normalized spacial score (nSPS) is 12.5. The number of H-pyrrole nitrogens is 1. The highest BCUT2D eigenvalue weighted by Gasteiger charge is 2.23. The molecule has 1 aromatic heterocycles. The summed E-state index contributed by atoms with van der Waals surface area (Å²) in [4.78, 5) is 15.3. The summed E-state index contributed by atoms with van der Waals surface area (Å²) >= 11 is 8.65. The van der Waals surface area contributed by atoms with Crippen LogP contribution in [-0.2, 0) is 26.0 Å². The number of aromatic amines is 1. The van der Waals surface area contributed by atoms with Gasteiger partial charge in [0.05, 0.1) is 10.9 Å². The lowest BCUT2D eigenvalue weighted by Gasteiger charge is -2.19. The number of aromatic nitrogens is 1. The van der Waals surface area contributed by atoms with Crippen LogP contribution in [0.5, 0.6) is 0 Å². The third-order valence-electron chi connectivity index (χ3n) is 4.62. The molecule has 1 heterocycles. The maximum absolute atomic E-state index is 12.9. The Morgan fingerprint density at radius 3 is 2.61 bits per heavy atom. The lowest BCUT2D eigenvalue weighted by Crippen LogP contribution is -2.41. The Balaban J connectivity index is 1.78. The van der Waals surface area contributed by atoms with Gasteiger partial charge in [-0.25, -0.2) is 13.1 Å². The molecule has 3 aromatic rings. The Morgan fingerprint density at radius 2 is 1.90 bits per heavy atom. The van der Waals surface area contributed by atoms with Crippen LogP contribution in [0.15, 0.2) is 59.6 Å². The van der Waals surface area contributed by atoms with Crippen LogP contribution in [0.4, 0.5) is 0 Å². The Morgan fingerprint density at radius 1 is 1.19 bits per heavy atom. The molecule has 0 radical (unpaired) electrons. The van der Waals surface area contributed by atoms with Crippen molar-refractivity contribution < 1.29 is 17.9 Å². The number of fused-ring (bicyclic) bond motifs is 1. The predicted molar refractivity (Wildman–Crippen MR) is 128 cm³/mol. The molecule has 3 rings (SSSR count). The summed E-state index contributed by atoms with van der Waals surface area (Å²) in [6.07, 6.45) is 2.17. The highest BCUT2D eigenvalue weighted by atomic mass is 32.2. The number of carbonyl (C=O) groups is 1. The third-order valence-corrected chi connectivity index (χ3v) is 6.46. The molecule has 0 saturated carbocycles. The van der Waals surface area contributed by atoms with Gasteiger partial charge in [-0.2, -0.15) is 0 Å². The largest absolute Gasteiger partial charge is 0.463 e. The van der Waals surface area contributed by atoms with E-state index in [2.05, 4.69) is 27.7 Å². The van der Waals surface area contributed by atoms with Gasteiger partial charge in [-0.3, -0.25) is 4.79 Å². The Bertz CT molecular complexity index is 1170. The fourth-order valence-electron chi connectivity index (χ4n) is 3.10. The zero-order chi connectivity index (χ0) is 22.4. The van der Waals surface area contributed by atoms with Crippen LogP contribution in [0.2, 0.25) is 0 Å². The zero-order valence-corrected chi connectivity index (χ0v) is 19.3. The second-order valence-corrected chi connectivity index (χ2v) is 9.91. The summed E-state index contributed by atoms with van der Waals surface area (Å²) < 4.78 is 33.9. The van der Waals surface area contributed by atoms with Crippen molar-refractivity contribution in [2.24, 2.45) is 0 Å². The standard InChI is InChI=1S/C21H23N3O4S3/c1-14-6-8-17(9-7-14)31(26,27)24-16(13-28-20(25)12-23-21(29)30)10-15-11-22-19-5-3-2-4-18(15)19/h2-9,11,16,22,24H,10,12-13H2,1H3,(H2,23,29,30). The van der Waals surface area contributed by atoms with Gasteiger partial charge >= 0.3 is 5.97 Å². The number of para-hydroxylation sites is 1. The molecule has 0 spiro atoms. The van der Waals surface area contributed by atoms with Crippen LogP contribution >= 0.6 is 24.8 Å². The van der Waals surface area contributed by atoms with Crippen LogP contribution in [0, 0.1) is 6.92 Å². The molecule has 0 saturated heterocycles. The molecule has 0 bridgehead atoms. The third kappa shape index (κ3) is 6.54. The Hall–Kier alpha value is -2.40. The van der Waals surface area contributed by atoms with Crippen molar-refractivity contribution in [3.8, 4) is 0 Å². The van der Waals surface area contributed by atoms with Crippen molar-refractivity contribution in [1.29, 1.82) is 0 Å². The predicted octanol–water partition coefficient (Wildman–Crippen LogP) is 2.71. The minimum Gasteiger partial charge on any atom is -0.463 e. The van der Waals surface area contributed by atoms with Crippen LogP contribution < -0.4 is 10.0 Å². The summed E-state index contributed by atoms with van der Waals surface area (Å²) in [6.45, 7) is 1.60. The highest BCUT2D eigenvalue weighted by molar-refractivity contribution is 8.11. The molecule has 0 fully saturated rings. The van der Waals surface area contributed by atoms with E-state index < -0.39 is 22.0 Å². The molecule has 0 aliphatic rings. The monoisotopic (exact) mass is 477 g/mol. The minimum atomic E-state index is -3.81. The van der Waals surface area contributed by atoms with Crippen molar-refractivity contribution in [1.82, 2.24) is 15.0 Å². The zero-order valence-electron chi connectivity index (χ0n) is 16.8. The van der Waals surface area contributed by atoms with Crippen molar-refractivity contribution in [2.75, 3.05) is 13.2 Å². The molecule has 3 N–H and O–H groups in total. The Labute approximate surface area is 192 Å². The van der Waals surface area contributed by atoms with Crippen molar-refractivity contribution in [2.45, 2.75) is 24.3 Å². The molecular weight excluding hydrogens is 454 g/mol. The summed E-state index contributed by atoms with van der Waals surface area (Å²) in [5, 5.41) is 3.58. The number of esters is 1. The first-order valence-electron chi connectivity index (χ1n) is 9.51. The minimum absolute atomic E-state index is 0.134. The lowest BCUT2D eigenvalue weighted by atomic mass is 10.1. The van der Waals surface area contributed by atoms with Crippen LogP contribution in [0.3, 0.4) is 0 Å². The number of hydrogen-bond acceptors (Lipinski definition) is 5. The van der Waals surface area contributed by atoms with Gasteiger partial charge in [0.15, 0.2) is 0 Å². The smallest absolute Gasteiger partial charge is 0.325 e. The van der Waals surface area contributed by atoms with Gasteiger partial charge in [-0.1, -0.05) is 48.1 Å². The maximum atomic E-state index is 12.9. The SMILES string of the molecule is Cc1ccc(S(=O)(=O)NC(COC(=O)CNC(=S)S)Cc2c[nH]c3ccccc23)cc1. The topological polar surface area (TPSA) is 100 Å². The van der Waals surface area contributed by atoms with Crippen molar-refractivity contribution >= 4 is 56.1 Å². The first kappa shape index (κ1) is 23.3. The van der Waals surface area contributed by atoms with Crippen LogP contribution in [0.25, 0.3) is 10.9 Å². The van der Waals surface area contributed by atoms with Crippen LogP contribution in [-0.4, -0.2) is 42.9 Å². The average molecular weight is 478 g/mol. The van der Waals surface area contributed by atoms with Gasteiger partial charge in [-0.05, 0) is 37.1 Å². The second kappa shape index (κ2) is 10.3. The van der Waals surface area contributed by atoms with E-state index in [1.165, 1.54) is 0 Å². The number of rotatable bonds is 9. The fraction of sp³-hybridized carbons (Fsp3) is 0.238. The molecule has 7 nitrogen and oxygen atoms in total. The number of thiocarbonyl (C=S) groups is 1. The molecular formula is C21H23N3O4S3. The molecule has 164 valence electrons. The molecule has 1 unspecified atom stereocenters. The van der Waals surface area contributed by atoms with E-state index in [-0.39, 0.29) is 22.4 Å². The molecule has 10 heteroatoms. The summed E-state index contributed by atoms with van der Waals surface area (Å²) in [6, 6.07) is 13.6. The van der Waals surface area contributed by atoms with E-state index in [4.69, 9.17) is 17.0 Å². The van der Waals surface area contributed by atoms with Gasteiger partial charge in [0.2, 0.25) is 10.0 Å². The Kier molecular flexibility index (Phi) is 7.71. The lowest BCUT2D eigenvalue weighted by molar-refractivity contribution is -0.142. The van der Waals surface area contributed by atoms with Crippen molar-refractivity contribution in [3.05, 3.63) is 65.9 Å². The summed E-state index contributed by atoms with van der Waals surface area (Å²) in [7, 11) is -3.81. The van der Waals surface area contributed by atoms with Gasteiger partial charge in [0.1, 0.15) is 17.5 Å². The van der Waals surface area contributed by atoms with E-state index in [0.29, 0.717) is 6.42 Å². The molecule has 0 amide bonds. The van der Waals surface area contributed by atoms with Gasteiger partial charge in [-0.15, -0.1) is 12.6 Å². The second-order valence-electron chi connectivity index (χ2n) is 7.04. The van der Waals surface area contributed by atoms with E-state index in [1.807, 2.05) is 37.4 Å². The van der Waals surface area contributed by atoms with E-state index in [1.54, 1.807) is 24.3 Å². The van der Waals surface area contributed by atoms with E-state index in [0.717, 1.165) is 22.0 Å². The number of nitrogens with one attached hydrogen (secondary N) is 3. The van der Waals surface area contributed by atoms with Gasteiger partial charge < -0.3 is 15.0 Å². The number of carbonyl (C=O) groups excluding carboxylic acids is 1. The van der Waals surface area contributed by atoms with Gasteiger partial charge in [0, 0.05) is 17.1 Å². The molecule has 2 aromatic carbocycles. The molecule has 0 aliphatic heterocycles. The fourth-order valence-corrected chi connectivity index (χ4v) is 4.47. The maximum Gasteiger partial charge on any atom is 0.325 e. The van der Waals surface area contributed by atoms with Crippen molar-refractivity contribution in [3.63, 3.8) is 0 Å². The molecule has 1 atom stereocenters. The number of ether oxygens (including phenoxy) is 1. The van der Waals surface area contributed by atoms with E-state index >= 15 is 0 Å². The van der Waals surface area contributed by atoms with Crippen LogP contribution in [0.1, 0.15) is 11.1 Å². The summed E-state index contributed by atoms with van der Waals surface area (Å²) in [5.41, 5.74) is 2.82. The van der Waals surface area contributed by atoms with Gasteiger partial charge in [0.25, 0.3) is 0 Å². The number of sulfonamides is 1. The molecule has 0 aliphatic carbocycles. The molecule has 31 heavy (non-hydrogen) atoms. The van der Waals surface area contributed by atoms with E-state index in [9.17, 15) is 13.2 Å². The summed E-state index contributed by atoms with van der Waals surface area (Å²) in [5.74, 6) is -0.560.